The van der Waals surface area contributed by atoms with E-state index in [1.165, 1.54) is 5.56 Å². The Morgan fingerprint density at radius 3 is 2.81 bits per heavy atom. The minimum atomic E-state index is 0.852. The van der Waals surface area contributed by atoms with Crippen LogP contribution in [0.15, 0.2) is 37.4 Å². The molecule has 0 spiro atoms. The molecule has 0 aliphatic heterocycles. The Kier molecular flexibility index (Phi) is 4.42. The van der Waals surface area contributed by atoms with Crippen molar-refractivity contribution in [3.63, 3.8) is 0 Å². The van der Waals surface area contributed by atoms with Gasteiger partial charge in [0.05, 0.1) is 0 Å². The summed E-state index contributed by atoms with van der Waals surface area (Å²) in [5, 5.41) is 3.07. The summed E-state index contributed by atoms with van der Waals surface area (Å²) in [7, 11) is 0. The molecule has 1 heteroatoms. The molecule has 0 atom stereocenters. The van der Waals surface area contributed by atoms with Gasteiger partial charge in [-0.3, -0.25) is 0 Å². The molecule has 82 valence electrons. The van der Waals surface area contributed by atoms with Crippen molar-refractivity contribution >= 4 is 11.3 Å². The van der Waals surface area contributed by atoms with Crippen molar-refractivity contribution in [1.82, 2.24) is 0 Å². The molecule has 1 rings (SSSR count). The van der Waals surface area contributed by atoms with Crippen LogP contribution in [0.2, 0.25) is 0 Å². The van der Waals surface area contributed by atoms with E-state index in [2.05, 4.69) is 49.5 Å². The molecular formula is C15H17N. The Bertz CT molecular complexity index is 458. The van der Waals surface area contributed by atoms with E-state index in [4.69, 9.17) is 0 Å². The Morgan fingerprint density at radius 2 is 2.19 bits per heavy atom. The van der Waals surface area contributed by atoms with Crippen LogP contribution in [-0.2, 0) is 0 Å². The molecule has 16 heavy (non-hydrogen) atoms. The lowest BCUT2D eigenvalue weighted by Gasteiger charge is -2.06. The van der Waals surface area contributed by atoms with Gasteiger partial charge in [0.1, 0.15) is 0 Å². The van der Waals surface area contributed by atoms with Gasteiger partial charge < -0.3 is 5.32 Å². The first kappa shape index (κ1) is 12.1. The van der Waals surface area contributed by atoms with E-state index in [1.54, 1.807) is 6.08 Å². The summed E-state index contributed by atoms with van der Waals surface area (Å²) in [5.74, 6) is 2.98. The number of hydrogen-bond acceptors (Lipinski definition) is 1. The van der Waals surface area contributed by atoms with Crippen molar-refractivity contribution < 1.29 is 0 Å². The van der Waals surface area contributed by atoms with Crippen LogP contribution in [0.5, 0.6) is 0 Å². The van der Waals surface area contributed by atoms with Crippen LogP contribution in [0.25, 0.3) is 5.57 Å². The van der Waals surface area contributed by atoms with E-state index in [9.17, 15) is 0 Å². The number of nitrogens with one attached hydrogen (secondary N) is 1. The van der Waals surface area contributed by atoms with Crippen molar-refractivity contribution in [3.05, 3.63) is 48.6 Å². The second-order valence-electron chi connectivity index (χ2n) is 3.60. The highest BCUT2D eigenvalue weighted by Crippen LogP contribution is 2.20. The van der Waals surface area contributed by atoms with Gasteiger partial charge in [-0.25, -0.2) is 0 Å². The Labute approximate surface area is 97.9 Å². The fourth-order valence-corrected chi connectivity index (χ4v) is 1.36. The third-order valence-electron chi connectivity index (χ3n) is 2.17. The summed E-state index contributed by atoms with van der Waals surface area (Å²) in [4.78, 5) is 0. The van der Waals surface area contributed by atoms with E-state index in [0.29, 0.717) is 0 Å². The number of aryl methyl sites for hydroxylation is 1. The van der Waals surface area contributed by atoms with Crippen molar-refractivity contribution in [2.24, 2.45) is 0 Å². The Hall–Kier alpha value is -1.94. The zero-order chi connectivity index (χ0) is 12.0. The molecule has 0 heterocycles. The van der Waals surface area contributed by atoms with Crippen molar-refractivity contribution in [2.45, 2.75) is 20.3 Å². The van der Waals surface area contributed by atoms with Gasteiger partial charge in [0.15, 0.2) is 0 Å². The predicted octanol–water partition coefficient (Wildman–Crippen LogP) is 3.98. The molecule has 1 aromatic carbocycles. The van der Waals surface area contributed by atoms with Crippen molar-refractivity contribution in [3.8, 4) is 12.0 Å². The second-order valence-corrected chi connectivity index (χ2v) is 3.60. The Balaban J connectivity index is 2.98. The quantitative estimate of drug-likeness (QED) is 0.453. The number of benzene rings is 1. The van der Waals surface area contributed by atoms with E-state index in [0.717, 1.165) is 23.2 Å². The minimum Gasteiger partial charge on any atom is -0.315 e. The van der Waals surface area contributed by atoms with Gasteiger partial charge in [0, 0.05) is 18.2 Å². The molecule has 0 saturated carbocycles. The summed E-state index contributed by atoms with van der Waals surface area (Å²) in [6.45, 7) is 11.7. The van der Waals surface area contributed by atoms with Crippen LogP contribution in [0.4, 0.5) is 5.69 Å². The van der Waals surface area contributed by atoms with Crippen LogP contribution >= 0.6 is 0 Å². The molecular weight excluding hydrogens is 194 g/mol. The topological polar surface area (TPSA) is 12.0 Å². The average Bonchev–Trinajstić information content (AvgIpc) is 2.27. The van der Waals surface area contributed by atoms with E-state index >= 15 is 0 Å². The monoisotopic (exact) mass is 211 g/mol. The fourth-order valence-electron chi connectivity index (χ4n) is 1.36. The third-order valence-corrected chi connectivity index (χ3v) is 2.17. The standard InChI is InChI=1S/C15H17N/c1-5-7-8-16-15-10-12(3)9-14(11-15)13(4)6-2/h6,9-11,16H,2,4-5H2,1,3H3. The maximum absolute atomic E-state index is 3.94. The van der Waals surface area contributed by atoms with E-state index < -0.39 is 0 Å². The van der Waals surface area contributed by atoms with Gasteiger partial charge in [0.2, 0.25) is 0 Å². The second kappa shape index (κ2) is 5.82. The average molecular weight is 211 g/mol. The lowest BCUT2D eigenvalue weighted by Crippen LogP contribution is -1.91. The van der Waals surface area contributed by atoms with Gasteiger partial charge in [-0.05, 0) is 35.8 Å². The highest BCUT2D eigenvalue weighted by molar-refractivity contribution is 5.74. The SMILES string of the molecule is C=CC(=C)c1cc(C)cc(NC#CCC)c1. The zero-order valence-electron chi connectivity index (χ0n) is 9.93. The fraction of sp³-hybridized carbons (Fsp3) is 0.200. The smallest absolute Gasteiger partial charge is 0.0467 e. The summed E-state index contributed by atoms with van der Waals surface area (Å²) >= 11 is 0. The van der Waals surface area contributed by atoms with Crippen LogP contribution in [0.3, 0.4) is 0 Å². The molecule has 0 saturated heterocycles. The number of allylic oxidation sites excluding steroid dienone is 2. The summed E-state index contributed by atoms with van der Waals surface area (Å²) in [6, 6.07) is 9.08. The summed E-state index contributed by atoms with van der Waals surface area (Å²) < 4.78 is 0. The number of anilines is 1. The largest absolute Gasteiger partial charge is 0.315 e. The van der Waals surface area contributed by atoms with Gasteiger partial charge in [0.25, 0.3) is 0 Å². The summed E-state index contributed by atoms with van der Waals surface area (Å²) in [5.41, 5.74) is 4.19. The number of rotatable bonds is 3. The maximum Gasteiger partial charge on any atom is 0.0467 e. The van der Waals surface area contributed by atoms with Gasteiger partial charge in [-0.2, -0.15) is 0 Å². The molecule has 0 radical (unpaired) electrons. The van der Waals surface area contributed by atoms with Crippen LogP contribution < -0.4 is 5.32 Å². The van der Waals surface area contributed by atoms with Crippen molar-refractivity contribution in [1.29, 1.82) is 0 Å². The zero-order valence-corrected chi connectivity index (χ0v) is 9.93. The number of hydrogen-bond donors (Lipinski definition) is 1. The molecule has 1 N–H and O–H groups in total. The molecule has 0 aromatic heterocycles. The van der Waals surface area contributed by atoms with Crippen molar-refractivity contribution in [2.75, 3.05) is 5.32 Å². The first-order valence-corrected chi connectivity index (χ1v) is 5.34. The first-order valence-electron chi connectivity index (χ1n) is 5.34. The van der Waals surface area contributed by atoms with Crippen LogP contribution in [0.1, 0.15) is 24.5 Å². The minimum absolute atomic E-state index is 0.852. The molecule has 0 fully saturated rings. The van der Waals surface area contributed by atoms with E-state index in [-0.39, 0.29) is 0 Å². The highest BCUT2D eigenvalue weighted by Gasteiger charge is 1.98. The molecule has 1 nitrogen and oxygen atoms in total. The molecule has 0 bridgehead atoms. The molecule has 0 aliphatic rings. The molecule has 0 aliphatic carbocycles. The van der Waals surface area contributed by atoms with E-state index in [1.807, 2.05) is 13.0 Å². The lowest BCUT2D eigenvalue weighted by atomic mass is 10.0. The Morgan fingerprint density at radius 1 is 1.44 bits per heavy atom. The maximum atomic E-state index is 3.94. The summed E-state index contributed by atoms with van der Waals surface area (Å²) in [6.07, 6.45) is 2.61. The van der Waals surface area contributed by atoms with Gasteiger partial charge >= 0.3 is 0 Å². The third kappa shape index (κ3) is 3.33. The highest BCUT2D eigenvalue weighted by atomic mass is 14.8. The predicted molar refractivity (Wildman–Crippen MR) is 72.1 cm³/mol. The molecule has 0 amide bonds. The normalized spacial score (nSPS) is 8.88. The first-order chi connectivity index (χ1) is 7.67. The van der Waals surface area contributed by atoms with Crippen LogP contribution in [0, 0.1) is 18.9 Å². The lowest BCUT2D eigenvalue weighted by molar-refractivity contribution is 1.28. The van der Waals surface area contributed by atoms with Gasteiger partial charge in [-0.15, -0.1) is 0 Å². The van der Waals surface area contributed by atoms with Crippen LogP contribution in [-0.4, -0.2) is 0 Å². The molecule has 0 unspecified atom stereocenters. The van der Waals surface area contributed by atoms with Gasteiger partial charge in [-0.1, -0.05) is 38.1 Å². The molecule has 1 aromatic rings.